The molecule has 0 aromatic heterocycles. The summed E-state index contributed by atoms with van der Waals surface area (Å²) in [4.78, 5) is 0. The number of ether oxygens (including phenoxy) is 1. The lowest BCUT2D eigenvalue weighted by Crippen LogP contribution is -1.79. The maximum Gasteiger partial charge on any atom is 0.106 e. The number of hydrogen-bond acceptors (Lipinski definition) is 1. The molecular formula is C8H6BrClO. The first-order chi connectivity index (χ1) is 5.25. The van der Waals surface area contributed by atoms with Crippen LogP contribution in [0.2, 0.25) is 5.02 Å². The zero-order chi connectivity index (χ0) is 7.84. The number of hydrogen-bond donors (Lipinski definition) is 0. The van der Waals surface area contributed by atoms with Crippen molar-refractivity contribution in [3.05, 3.63) is 33.3 Å². The van der Waals surface area contributed by atoms with Crippen molar-refractivity contribution >= 4 is 27.5 Å². The molecule has 3 heteroatoms. The Hall–Kier alpha value is -0.0500. The van der Waals surface area contributed by atoms with Gasteiger partial charge in [-0.2, -0.15) is 0 Å². The molecule has 1 aromatic carbocycles. The monoisotopic (exact) mass is 232 g/mol. The quantitative estimate of drug-likeness (QED) is 0.679. The zero-order valence-electron chi connectivity index (χ0n) is 5.68. The van der Waals surface area contributed by atoms with E-state index in [0.29, 0.717) is 0 Å². The van der Waals surface area contributed by atoms with Gasteiger partial charge < -0.3 is 4.74 Å². The van der Waals surface area contributed by atoms with Gasteiger partial charge in [0.25, 0.3) is 0 Å². The number of halogens is 2. The summed E-state index contributed by atoms with van der Waals surface area (Å²) in [6, 6.07) is 5.83. The van der Waals surface area contributed by atoms with E-state index in [0.717, 1.165) is 21.7 Å². The van der Waals surface area contributed by atoms with Crippen LogP contribution in [0.25, 0.3) is 0 Å². The molecule has 1 fully saturated rings. The highest BCUT2D eigenvalue weighted by Crippen LogP contribution is 2.33. The van der Waals surface area contributed by atoms with Crippen LogP contribution in [0.1, 0.15) is 11.7 Å². The molecule has 0 amide bonds. The Morgan fingerprint density at radius 1 is 1.45 bits per heavy atom. The van der Waals surface area contributed by atoms with Crippen molar-refractivity contribution in [3.63, 3.8) is 0 Å². The Balaban J connectivity index is 2.39. The van der Waals surface area contributed by atoms with Gasteiger partial charge in [-0.05, 0) is 23.8 Å². The molecular weight excluding hydrogens is 227 g/mol. The zero-order valence-corrected chi connectivity index (χ0v) is 8.02. The second kappa shape index (κ2) is 2.77. The first-order valence-corrected chi connectivity index (χ1v) is 4.50. The van der Waals surface area contributed by atoms with Gasteiger partial charge in [0.2, 0.25) is 0 Å². The number of rotatable bonds is 1. The summed E-state index contributed by atoms with van der Waals surface area (Å²) >= 11 is 9.21. The van der Waals surface area contributed by atoms with Crippen LogP contribution in [0.15, 0.2) is 22.7 Å². The largest absolute Gasteiger partial charge is 0.368 e. The lowest BCUT2D eigenvalue weighted by Gasteiger charge is -1.97. The van der Waals surface area contributed by atoms with Crippen molar-refractivity contribution in [2.24, 2.45) is 0 Å². The van der Waals surface area contributed by atoms with Gasteiger partial charge in [0.05, 0.1) is 6.61 Å². The molecule has 58 valence electrons. The SMILES string of the molecule is Clc1cc(Br)cc([C@H]2CO2)c1. The van der Waals surface area contributed by atoms with E-state index >= 15 is 0 Å². The standard InChI is InChI=1S/C8H6BrClO/c9-6-1-5(8-4-11-8)2-7(10)3-6/h1-3,8H,4H2/t8-/m1/s1. The smallest absolute Gasteiger partial charge is 0.106 e. The fourth-order valence-corrected chi connectivity index (χ4v) is 1.89. The summed E-state index contributed by atoms with van der Waals surface area (Å²) in [5.41, 5.74) is 1.16. The lowest BCUT2D eigenvalue weighted by molar-refractivity contribution is 0.415. The van der Waals surface area contributed by atoms with Crippen molar-refractivity contribution in [1.29, 1.82) is 0 Å². The van der Waals surface area contributed by atoms with Gasteiger partial charge in [0.1, 0.15) is 6.10 Å². The molecule has 2 rings (SSSR count). The third kappa shape index (κ3) is 1.75. The van der Waals surface area contributed by atoms with Crippen LogP contribution in [-0.4, -0.2) is 6.61 Å². The maximum absolute atomic E-state index is 5.84. The number of benzene rings is 1. The molecule has 0 unspecified atom stereocenters. The van der Waals surface area contributed by atoms with Crippen molar-refractivity contribution in [3.8, 4) is 0 Å². The van der Waals surface area contributed by atoms with Crippen LogP contribution < -0.4 is 0 Å². The summed E-state index contributed by atoms with van der Waals surface area (Å²) in [5, 5.41) is 0.755. The summed E-state index contributed by atoms with van der Waals surface area (Å²) < 4.78 is 6.13. The predicted molar refractivity (Wildman–Crippen MR) is 47.8 cm³/mol. The molecule has 1 aliphatic rings. The molecule has 0 radical (unpaired) electrons. The Morgan fingerprint density at radius 2 is 2.18 bits per heavy atom. The van der Waals surface area contributed by atoms with Crippen LogP contribution in [0.4, 0.5) is 0 Å². The molecule has 1 atom stereocenters. The van der Waals surface area contributed by atoms with Gasteiger partial charge >= 0.3 is 0 Å². The summed E-state index contributed by atoms with van der Waals surface area (Å²) in [7, 11) is 0. The summed E-state index contributed by atoms with van der Waals surface area (Å²) in [6.07, 6.45) is 0.282. The highest BCUT2D eigenvalue weighted by molar-refractivity contribution is 9.10. The molecule has 1 nitrogen and oxygen atoms in total. The van der Waals surface area contributed by atoms with E-state index in [4.69, 9.17) is 16.3 Å². The Morgan fingerprint density at radius 3 is 2.73 bits per heavy atom. The summed E-state index contributed by atoms with van der Waals surface area (Å²) in [5.74, 6) is 0. The topological polar surface area (TPSA) is 12.5 Å². The van der Waals surface area contributed by atoms with E-state index < -0.39 is 0 Å². The fourth-order valence-electron chi connectivity index (χ4n) is 1.00. The lowest BCUT2D eigenvalue weighted by atomic mass is 10.2. The summed E-state index contributed by atoms with van der Waals surface area (Å²) in [6.45, 7) is 0.826. The molecule has 1 saturated heterocycles. The van der Waals surface area contributed by atoms with Gasteiger partial charge in [-0.3, -0.25) is 0 Å². The van der Waals surface area contributed by atoms with Crippen molar-refractivity contribution in [1.82, 2.24) is 0 Å². The van der Waals surface area contributed by atoms with Crippen molar-refractivity contribution in [2.75, 3.05) is 6.61 Å². The van der Waals surface area contributed by atoms with E-state index in [1.807, 2.05) is 18.2 Å². The van der Waals surface area contributed by atoms with Crippen LogP contribution >= 0.6 is 27.5 Å². The minimum absolute atomic E-state index is 0.282. The molecule has 0 saturated carbocycles. The van der Waals surface area contributed by atoms with Crippen molar-refractivity contribution < 1.29 is 4.74 Å². The molecule has 0 aliphatic carbocycles. The van der Waals surface area contributed by atoms with Crippen LogP contribution in [0.3, 0.4) is 0 Å². The molecule has 11 heavy (non-hydrogen) atoms. The molecule has 1 aromatic rings. The van der Waals surface area contributed by atoms with Gasteiger partial charge in [0, 0.05) is 9.50 Å². The van der Waals surface area contributed by atoms with Crippen LogP contribution in [-0.2, 0) is 4.74 Å². The fraction of sp³-hybridized carbons (Fsp3) is 0.250. The molecule has 0 N–H and O–H groups in total. The van der Waals surface area contributed by atoms with E-state index in [9.17, 15) is 0 Å². The molecule has 0 spiro atoms. The molecule has 1 heterocycles. The van der Waals surface area contributed by atoms with E-state index in [1.54, 1.807) is 0 Å². The highest BCUT2D eigenvalue weighted by Gasteiger charge is 2.24. The van der Waals surface area contributed by atoms with Gasteiger partial charge in [0.15, 0.2) is 0 Å². The maximum atomic E-state index is 5.84. The average Bonchev–Trinajstić information content (AvgIpc) is 2.64. The van der Waals surface area contributed by atoms with Crippen molar-refractivity contribution in [2.45, 2.75) is 6.10 Å². The Kier molecular flexibility index (Phi) is 1.91. The Bertz CT molecular complexity index is 263. The first-order valence-electron chi connectivity index (χ1n) is 3.33. The minimum atomic E-state index is 0.282. The van der Waals surface area contributed by atoms with Gasteiger partial charge in [-0.15, -0.1) is 0 Å². The van der Waals surface area contributed by atoms with E-state index in [2.05, 4.69) is 15.9 Å². The van der Waals surface area contributed by atoms with E-state index in [-0.39, 0.29) is 6.10 Å². The third-order valence-electron chi connectivity index (χ3n) is 1.59. The third-order valence-corrected chi connectivity index (χ3v) is 2.27. The number of epoxide rings is 1. The van der Waals surface area contributed by atoms with Crippen LogP contribution in [0.5, 0.6) is 0 Å². The van der Waals surface area contributed by atoms with E-state index in [1.165, 1.54) is 0 Å². The second-order valence-electron chi connectivity index (χ2n) is 2.52. The predicted octanol–water partition coefficient (Wildman–Crippen LogP) is 3.17. The highest BCUT2D eigenvalue weighted by atomic mass is 79.9. The van der Waals surface area contributed by atoms with Crippen LogP contribution in [0, 0.1) is 0 Å². The molecule has 0 bridgehead atoms. The average molecular weight is 233 g/mol. The van der Waals surface area contributed by atoms with Gasteiger partial charge in [-0.25, -0.2) is 0 Å². The molecule has 1 aliphatic heterocycles. The minimum Gasteiger partial charge on any atom is -0.368 e. The second-order valence-corrected chi connectivity index (χ2v) is 3.88. The first kappa shape index (κ1) is 7.59. The normalized spacial score (nSPS) is 21.8. The Labute approximate surface area is 78.4 Å². The van der Waals surface area contributed by atoms with Gasteiger partial charge in [-0.1, -0.05) is 27.5 Å².